The van der Waals surface area contributed by atoms with Gasteiger partial charge in [0.2, 0.25) is 0 Å². The molecule has 1 atom stereocenters. The summed E-state index contributed by atoms with van der Waals surface area (Å²) >= 11 is 0. The number of para-hydroxylation sites is 2. The number of nitrogens with zero attached hydrogens (tertiary/aromatic N) is 2. The average molecular weight is 263 g/mol. The average Bonchev–Trinajstić information content (AvgIpc) is 2.39. The molecule has 1 aliphatic heterocycles. The minimum absolute atomic E-state index is 0.155. The lowest BCUT2D eigenvalue weighted by Gasteiger charge is -2.33. The van der Waals surface area contributed by atoms with E-state index in [9.17, 15) is 10.1 Å². The number of nitro benzene ring substituents is 1. The molecule has 0 aromatic heterocycles. The highest BCUT2D eigenvalue weighted by Crippen LogP contribution is 2.27. The van der Waals surface area contributed by atoms with E-state index >= 15 is 0 Å². The molecule has 104 valence electrons. The van der Waals surface area contributed by atoms with Crippen LogP contribution in [0.1, 0.15) is 19.8 Å². The minimum atomic E-state index is -0.330. The van der Waals surface area contributed by atoms with Crippen molar-refractivity contribution < 1.29 is 4.92 Å². The van der Waals surface area contributed by atoms with Gasteiger partial charge in [-0.25, -0.2) is 0 Å². The lowest BCUT2D eigenvalue weighted by Crippen LogP contribution is -2.37. The van der Waals surface area contributed by atoms with Gasteiger partial charge in [-0.1, -0.05) is 12.1 Å². The predicted octanol–water partition coefficient (Wildman–Crippen LogP) is 2.74. The predicted molar refractivity (Wildman–Crippen MR) is 76.4 cm³/mol. The van der Waals surface area contributed by atoms with Crippen LogP contribution in [-0.2, 0) is 0 Å². The second kappa shape index (κ2) is 6.02. The maximum atomic E-state index is 11.0. The van der Waals surface area contributed by atoms with Crippen molar-refractivity contribution in [1.82, 2.24) is 4.90 Å². The molecule has 2 rings (SSSR count). The molecule has 1 heterocycles. The molecular formula is C14H21N3O2. The fourth-order valence-electron chi connectivity index (χ4n) is 2.65. The van der Waals surface area contributed by atoms with E-state index in [2.05, 4.69) is 24.2 Å². The van der Waals surface area contributed by atoms with E-state index in [0.717, 1.165) is 25.9 Å². The molecule has 1 fully saturated rings. The Morgan fingerprint density at radius 2 is 2.00 bits per heavy atom. The van der Waals surface area contributed by atoms with Gasteiger partial charge in [0.25, 0.3) is 5.69 Å². The maximum absolute atomic E-state index is 11.0. The van der Waals surface area contributed by atoms with Crippen molar-refractivity contribution in [1.29, 1.82) is 0 Å². The molecule has 1 unspecified atom stereocenters. The number of nitrogens with one attached hydrogen (secondary N) is 1. The Bertz CT molecular complexity index is 442. The Hall–Kier alpha value is -1.62. The number of anilines is 1. The smallest absolute Gasteiger partial charge is 0.292 e. The number of hydrogen-bond donors (Lipinski definition) is 1. The lowest BCUT2D eigenvalue weighted by molar-refractivity contribution is -0.384. The summed E-state index contributed by atoms with van der Waals surface area (Å²) in [4.78, 5) is 13.0. The summed E-state index contributed by atoms with van der Waals surface area (Å²) in [5.41, 5.74) is 0.779. The first-order chi connectivity index (χ1) is 9.08. The Balaban J connectivity index is 2.02. The normalized spacial score (nSPS) is 19.1. The van der Waals surface area contributed by atoms with Crippen LogP contribution in [0.4, 0.5) is 11.4 Å². The third kappa shape index (κ3) is 3.44. The SMILES string of the molecule is CC(Nc1ccccc1[N+](=O)[O-])C1CCN(C)CC1. The summed E-state index contributed by atoms with van der Waals surface area (Å²) in [6, 6.07) is 7.11. The van der Waals surface area contributed by atoms with Gasteiger partial charge in [0.05, 0.1) is 4.92 Å². The van der Waals surface area contributed by atoms with Crippen LogP contribution in [0.25, 0.3) is 0 Å². The van der Waals surface area contributed by atoms with Gasteiger partial charge in [-0.2, -0.15) is 0 Å². The Labute approximate surface area is 113 Å². The van der Waals surface area contributed by atoms with E-state index in [-0.39, 0.29) is 16.7 Å². The monoisotopic (exact) mass is 263 g/mol. The van der Waals surface area contributed by atoms with Gasteiger partial charge in [0.15, 0.2) is 0 Å². The van der Waals surface area contributed by atoms with Gasteiger partial charge < -0.3 is 10.2 Å². The van der Waals surface area contributed by atoms with Crippen molar-refractivity contribution in [3.63, 3.8) is 0 Å². The summed E-state index contributed by atoms with van der Waals surface area (Å²) in [7, 11) is 2.14. The Kier molecular flexibility index (Phi) is 4.37. The largest absolute Gasteiger partial charge is 0.377 e. The van der Waals surface area contributed by atoms with E-state index in [1.54, 1.807) is 18.2 Å². The van der Waals surface area contributed by atoms with Crippen molar-refractivity contribution in [2.24, 2.45) is 5.92 Å². The first-order valence-electron chi connectivity index (χ1n) is 6.76. The van der Waals surface area contributed by atoms with Gasteiger partial charge in [-0.15, -0.1) is 0 Å². The van der Waals surface area contributed by atoms with E-state index in [0.29, 0.717) is 11.6 Å². The molecule has 1 aliphatic rings. The van der Waals surface area contributed by atoms with Gasteiger partial charge in [-0.3, -0.25) is 10.1 Å². The number of piperidine rings is 1. The molecule has 1 aromatic carbocycles. The molecule has 5 nitrogen and oxygen atoms in total. The molecule has 1 N–H and O–H groups in total. The maximum Gasteiger partial charge on any atom is 0.292 e. The highest BCUT2D eigenvalue weighted by atomic mass is 16.6. The zero-order chi connectivity index (χ0) is 13.8. The summed E-state index contributed by atoms with van der Waals surface area (Å²) in [5, 5.41) is 14.3. The van der Waals surface area contributed by atoms with Crippen molar-refractivity contribution in [2.45, 2.75) is 25.8 Å². The second-order valence-corrected chi connectivity index (χ2v) is 5.35. The van der Waals surface area contributed by atoms with Crippen LogP contribution in [0.5, 0.6) is 0 Å². The second-order valence-electron chi connectivity index (χ2n) is 5.35. The molecule has 1 saturated heterocycles. The quantitative estimate of drug-likeness (QED) is 0.670. The molecule has 0 radical (unpaired) electrons. The fraction of sp³-hybridized carbons (Fsp3) is 0.571. The minimum Gasteiger partial charge on any atom is -0.377 e. The van der Waals surface area contributed by atoms with Gasteiger partial charge in [0, 0.05) is 12.1 Å². The molecule has 0 bridgehead atoms. The van der Waals surface area contributed by atoms with Crippen molar-refractivity contribution in [3.05, 3.63) is 34.4 Å². The van der Waals surface area contributed by atoms with Gasteiger partial charge in [-0.05, 0) is 51.9 Å². The zero-order valence-electron chi connectivity index (χ0n) is 11.5. The Morgan fingerprint density at radius 1 is 1.37 bits per heavy atom. The van der Waals surface area contributed by atoms with Crippen molar-refractivity contribution in [3.8, 4) is 0 Å². The van der Waals surface area contributed by atoms with Crippen LogP contribution in [0, 0.1) is 16.0 Å². The first-order valence-corrected chi connectivity index (χ1v) is 6.76. The molecule has 1 aromatic rings. The molecule has 0 amide bonds. The summed E-state index contributed by atoms with van der Waals surface area (Å²) < 4.78 is 0. The first kappa shape index (κ1) is 13.8. The van der Waals surface area contributed by atoms with Crippen LogP contribution in [0.15, 0.2) is 24.3 Å². The third-order valence-electron chi connectivity index (χ3n) is 3.95. The summed E-state index contributed by atoms with van der Waals surface area (Å²) in [6.45, 7) is 4.33. The molecule has 0 saturated carbocycles. The van der Waals surface area contributed by atoms with E-state index in [4.69, 9.17) is 0 Å². The topological polar surface area (TPSA) is 58.4 Å². The van der Waals surface area contributed by atoms with Crippen LogP contribution in [-0.4, -0.2) is 36.0 Å². The molecule has 19 heavy (non-hydrogen) atoms. The number of benzene rings is 1. The molecule has 0 spiro atoms. The number of hydrogen-bond acceptors (Lipinski definition) is 4. The molecule has 5 heteroatoms. The Morgan fingerprint density at radius 3 is 2.63 bits per heavy atom. The van der Waals surface area contributed by atoms with E-state index in [1.807, 2.05) is 6.07 Å². The van der Waals surface area contributed by atoms with Crippen molar-refractivity contribution in [2.75, 3.05) is 25.5 Å². The third-order valence-corrected chi connectivity index (χ3v) is 3.95. The highest BCUT2D eigenvalue weighted by molar-refractivity contribution is 5.61. The van der Waals surface area contributed by atoms with Crippen LogP contribution in [0.3, 0.4) is 0 Å². The van der Waals surface area contributed by atoms with Crippen LogP contribution in [0.2, 0.25) is 0 Å². The van der Waals surface area contributed by atoms with E-state index in [1.165, 1.54) is 0 Å². The van der Waals surface area contributed by atoms with Gasteiger partial charge in [0.1, 0.15) is 5.69 Å². The van der Waals surface area contributed by atoms with Crippen molar-refractivity contribution >= 4 is 11.4 Å². The summed E-state index contributed by atoms with van der Waals surface area (Å²) in [5.74, 6) is 0.580. The highest BCUT2D eigenvalue weighted by Gasteiger charge is 2.23. The fourth-order valence-corrected chi connectivity index (χ4v) is 2.65. The number of nitro groups is 1. The van der Waals surface area contributed by atoms with Gasteiger partial charge >= 0.3 is 0 Å². The number of rotatable bonds is 4. The van der Waals surface area contributed by atoms with Crippen LogP contribution < -0.4 is 5.32 Å². The standard InChI is InChI=1S/C14H21N3O2/c1-11(12-7-9-16(2)10-8-12)15-13-5-3-4-6-14(13)17(18)19/h3-6,11-12,15H,7-10H2,1-2H3. The summed E-state index contributed by atoms with van der Waals surface area (Å²) in [6.07, 6.45) is 2.29. The van der Waals surface area contributed by atoms with Crippen LogP contribution >= 0.6 is 0 Å². The lowest BCUT2D eigenvalue weighted by atomic mass is 9.90. The molecule has 0 aliphatic carbocycles. The number of likely N-dealkylation sites (tertiary alicyclic amines) is 1. The van der Waals surface area contributed by atoms with E-state index < -0.39 is 0 Å². The zero-order valence-corrected chi connectivity index (χ0v) is 11.5. The molecular weight excluding hydrogens is 242 g/mol.